The minimum Gasteiger partial charge on any atom is -0.486 e. The summed E-state index contributed by atoms with van der Waals surface area (Å²) in [5, 5.41) is 2.90. The number of hydrogen-bond donors (Lipinski definition) is 1. The first kappa shape index (κ1) is 17.0. The zero-order valence-corrected chi connectivity index (χ0v) is 15.0. The van der Waals surface area contributed by atoms with E-state index in [4.69, 9.17) is 14.2 Å². The molecule has 0 spiro atoms. The van der Waals surface area contributed by atoms with E-state index in [0.29, 0.717) is 30.3 Å². The molecule has 0 radical (unpaired) electrons. The fraction of sp³-hybridized carbons (Fsp3) is 0.368. The van der Waals surface area contributed by atoms with Gasteiger partial charge in [0, 0.05) is 11.9 Å². The van der Waals surface area contributed by atoms with Crippen molar-refractivity contribution < 1.29 is 19.0 Å². The van der Waals surface area contributed by atoms with Gasteiger partial charge in [0.25, 0.3) is 5.91 Å². The molecule has 1 saturated heterocycles. The number of pyridine rings is 1. The molecule has 3 heterocycles. The maximum Gasteiger partial charge on any atom is 0.256 e. The van der Waals surface area contributed by atoms with Gasteiger partial charge in [-0.15, -0.1) is 0 Å². The molecule has 2 aliphatic heterocycles. The summed E-state index contributed by atoms with van der Waals surface area (Å²) in [5.41, 5.74) is 0.446. The summed E-state index contributed by atoms with van der Waals surface area (Å²) in [4.78, 5) is 16.8. The molecular formula is C19H20N2O4S. The topological polar surface area (TPSA) is 69.7 Å². The number of rotatable bonds is 5. The van der Waals surface area contributed by atoms with Crippen molar-refractivity contribution in [2.24, 2.45) is 0 Å². The van der Waals surface area contributed by atoms with Gasteiger partial charge in [0.2, 0.25) is 5.88 Å². The molecule has 4 rings (SSSR count). The molecule has 136 valence electrons. The van der Waals surface area contributed by atoms with Crippen LogP contribution in [0.15, 0.2) is 42.6 Å². The number of amides is 1. The van der Waals surface area contributed by atoms with Gasteiger partial charge in [-0.05, 0) is 36.4 Å². The number of carbonyl (C=O) groups is 1. The Morgan fingerprint density at radius 2 is 2.15 bits per heavy atom. The average Bonchev–Trinajstić information content (AvgIpc) is 3.19. The molecule has 2 unspecified atom stereocenters. The SMILES string of the molecule is O=C(NCC1COc2ccccc2O1)c1cccnc1OC1CCSC1. The second kappa shape index (κ2) is 7.86. The summed E-state index contributed by atoms with van der Waals surface area (Å²) in [6.07, 6.45) is 2.51. The molecule has 1 N–H and O–H groups in total. The lowest BCUT2D eigenvalue weighted by molar-refractivity contribution is 0.0785. The van der Waals surface area contributed by atoms with Crippen LogP contribution in [0.2, 0.25) is 0 Å². The third kappa shape index (κ3) is 3.88. The number of carbonyl (C=O) groups excluding carboxylic acids is 1. The molecule has 1 aromatic heterocycles. The van der Waals surface area contributed by atoms with Crippen LogP contribution in [-0.2, 0) is 0 Å². The number of hydrogen-bond acceptors (Lipinski definition) is 6. The minimum absolute atomic E-state index is 0.119. The largest absolute Gasteiger partial charge is 0.486 e. The summed E-state index contributed by atoms with van der Waals surface area (Å²) in [6.45, 7) is 0.744. The summed E-state index contributed by atoms with van der Waals surface area (Å²) >= 11 is 1.86. The van der Waals surface area contributed by atoms with Gasteiger partial charge in [0.05, 0.1) is 6.54 Å². The molecule has 1 fully saturated rings. The monoisotopic (exact) mass is 372 g/mol. The summed E-state index contributed by atoms with van der Waals surface area (Å²) in [6, 6.07) is 11.0. The Balaban J connectivity index is 1.37. The first-order chi connectivity index (χ1) is 12.8. The van der Waals surface area contributed by atoms with E-state index in [1.54, 1.807) is 18.3 Å². The van der Waals surface area contributed by atoms with Crippen molar-refractivity contribution in [3.8, 4) is 17.4 Å². The van der Waals surface area contributed by atoms with Crippen molar-refractivity contribution in [2.75, 3.05) is 24.7 Å². The smallest absolute Gasteiger partial charge is 0.256 e. The van der Waals surface area contributed by atoms with Crippen LogP contribution >= 0.6 is 11.8 Å². The van der Waals surface area contributed by atoms with Gasteiger partial charge in [-0.3, -0.25) is 4.79 Å². The second-order valence-electron chi connectivity index (χ2n) is 6.17. The molecule has 6 nitrogen and oxygen atoms in total. The molecule has 1 aromatic carbocycles. The molecule has 2 atom stereocenters. The van der Waals surface area contributed by atoms with Crippen LogP contribution in [0.3, 0.4) is 0 Å². The highest BCUT2D eigenvalue weighted by molar-refractivity contribution is 7.99. The van der Waals surface area contributed by atoms with Crippen molar-refractivity contribution >= 4 is 17.7 Å². The molecule has 0 bridgehead atoms. The highest BCUT2D eigenvalue weighted by Gasteiger charge is 2.24. The predicted molar refractivity (Wildman–Crippen MR) is 99.3 cm³/mol. The number of benzene rings is 1. The molecule has 1 amide bonds. The van der Waals surface area contributed by atoms with Crippen LogP contribution in [0.1, 0.15) is 16.8 Å². The molecule has 26 heavy (non-hydrogen) atoms. The van der Waals surface area contributed by atoms with Gasteiger partial charge in [-0.2, -0.15) is 11.8 Å². The quantitative estimate of drug-likeness (QED) is 0.870. The molecule has 7 heteroatoms. The van der Waals surface area contributed by atoms with E-state index in [0.717, 1.165) is 23.7 Å². The van der Waals surface area contributed by atoms with E-state index in [1.807, 2.05) is 36.0 Å². The first-order valence-electron chi connectivity index (χ1n) is 8.65. The lowest BCUT2D eigenvalue weighted by Crippen LogP contribution is -2.40. The Kier molecular flexibility index (Phi) is 5.15. The summed E-state index contributed by atoms with van der Waals surface area (Å²) in [7, 11) is 0. The van der Waals surface area contributed by atoms with Crippen LogP contribution in [0, 0.1) is 0 Å². The predicted octanol–water partition coefficient (Wildman–Crippen LogP) is 2.54. The van der Waals surface area contributed by atoms with Gasteiger partial charge in [0.1, 0.15) is 24.4 Å². The van der Waals surface area contributed by atoms with Gasteiger partial charge in [-0.1, -0.05) is 12.1 Å². The Hall–Kier alpha value is -2.41. The zero-order chi connectivity index (χ0) is 17.8. The number of aromatic nitrogens is 1. The number of ether oxygens (including phenoxy) is 3. The number of nitrogens with zero attached hydrogens (tertiary/aromatic N) is 1. The highest BCUT2D eigenvalue weighted by Crippen LogP contribution is 2.30. The van der Waals surface area contributed by atoms with Crippen LogP contribution < -0.4 is 19.5 Å². The maximum atomic E-state index is 12.6. The van der Waals surface area contributed by atoms with E-state index in [9.17, 15) is 4.79 Å². The van der Waals surface area contributed by atoms with Crippen molar-refractivity contribution in [1.29, 1.82) is 0 Å². The van der Waals surface area contributed by atoms with Gasteiger partial charge < -0.3 is 19.5 Å². The molecule has 0 aliphatic carbocycles. The third-order valence-corrected chi connectivity index (χ3v) is 5.37. The van der Waals surface area contributed by atoms with E-state index in [2.05, 4.69) is 10.3 Å². The van der Waals surface area contributed by atoms with E-state index >= 15 is 0 Å². The molecule has 2 aliphatic rings. The second-order valence-corrected chi connectivity index (χ2v) is 7.32. The van der Waals surface area contributed by atoms with Crippen molar-refractivity contribution in [1.82, 2.24) is 10.3 Å². The number of para-hydroxylation sites is 2. The van der Waals surface area contributed by atoms with E-state index < -0.39 is 0 Å². The van der Waals surface area contributed by atoms with Crippen LogP contribution in [0.4, 0.5) is 0 Å². The normalized spacial score (nSPS) is 21.2. The van der Waals surface area contributed by atoms with Crippen LogP contribution in [0.25, 0.3) is 0 Å². The highest BCUT2D eigenvalue weighted by atomic mass is 32.2. The fourth-order valence-electron chi connectivity index (χ4n) is 2.89. The Morgan fingerprint density at radius 3 is 3.00 bits per heavy atom. The molecular weight excluding hydrogens is 352 g/mol. The maximum absolute atomic E-state index is 12.6. The lowest BCUT2D eigenvalue weighted by atomic mass is 10.2. The van der Waals surface area contributed by atoms with Crippen molar-refractivity contribution in [3.63, 3.8) is 0 Å². The Labute approximate surface area is 156 Å². The van der Waals surface area contributed by atoms with E-state index in [1.165, 1.54) is 0 Å². The lowest BCUT2D eigenvalue weighted by Gasteiger charge is -2.26. The van der Waals surface area contributed by atoms with Gasteiger partial charge in [0.15, 0.2) is 11.5 Å². The van der Waals surface area contributed by atoms with Gasteiger partial charge >= 0.3 is 0 Å². The first-order valence-corrected chi connectivity index (χ1v) is 9.81. The minimum atomic E-state index is -0.235. The zero-order valence-electron chi connectivity index (χ0n) is 14.2. The fourth-order valence-corrected chi connectivity index (χ4v) is 3.98. The number of thioether (sulfide) groups is 1. The summed E-state index contributed by atoms with van der Waals surface area (Å²) in [5.74, 6) is 3.61. The average molecular weight is 372 g/mol. The number of nitrogens with one attached hydrogen (secondary N) is 1. The van der Waals surface area contributed by atoms with Gasteiger partial charge in [-0.25, -0.2) is 4.98 Å². The standard InChI is InChI=1S/C19H20N2O4S/c22-18(15-4-3-8-20-19(15)25-13-7-9-26-12-13)21-10-14-11-23-16-5-1-2-6-17(16)24-14/h1-6,8,13-14H,7,9-12H2,(H,21,22). The summed E-state index contributed by atoms with van der Waals surface area (Å²) < 4.78 is 17.5. The third-order valence-electron chi connectivity index (χ3n) is 4.24. The van der Waals surface area contributed by atoms with Crippen molar-refractivity contribution in [2.45, 2.75) is 18.6 Å². The Bertz CT molecular complexity index is 780. The van der Waals surface area contributed by atoms with E-state index in [-0.39, 0.29) is 18.1 Å². The number of fused-ring (bicyclic) bond motifs is 1. The molecule has 2 aromatic rings. The molecule has 0 saturated carbocycles. The van der Waals surface area contributed by atoms with Crippen molar-refractivity contribution in [3.05, 3.63) is 48.2 Å². The van der Waals surface area contributed by atoms with Crippen LogP contribution in [-0.4, -0.2) is 47.8 Å². The van der Waals surface area contributed by atoms with Crippen LogP contribution in [0.5, 0.6) is 17.4 Å². The Morgan fingerprint density at radius 1 is 1.27 bits per heavy atom.